The van der Waals surface area contributed by atoms with Crippen LogP contribution >= 0.6 is 11.8 Å². The number of thioether (sulfide) groups is 1. The molecule has 3 heteroatoms. The van der Waals surface area contributed by atoms with Gasteiger partial charge in [0.05, 0.1) is 0 Å². The number of nitrogens with zero attached hydrogens (tertiary/aromatic N) is 1. The summed E-state index contributed by atoms with van der Waals surface area (Å²) in [5.74, 6) is 2.27. The van der Waals surface area contributed by atoms with E-state index in [-0.39, 0.29) is 5.91 Å². The summed E-state index contributed by atoms with van der Waals surface area (Å²) in [5, 5.41) is 0. The van der Waals surface area contributed by atoms with E-state index >= 15 is 0 Å². The van der Waals surface area contributed by atoms with Gasteiger partial charge >= 0.3 is 0 Å². The summed E-state index contributed by atoms with van der Waals surface area (Å²) >= 11 is 1.81. The van der Waals surface area contributed by atoms with Crippen LogP contribution < -0.4 is 0 Å². The molecule has 0 rings (SSSR count). The zero-order valence-corrected chi connectivity index (χ0v) is 7.70. The van der Waals surface area contributed by atoms with E-state index in [1.165, 1.54) is 0 Å². The highest BCUT2D eigenvalue weighted by Crippen LogP contribution is 2.01. The lowest BCUT2D eigenvalue weighted by Gasteiger charge is -2.08. The van der Waals surface area contributed by atoms with Gasteiger partial charge in [0.2, 0.25) is 5.91 Å². The topological polar surface area (TPSA) is 20.3 Å². The first-order valence-corrected chi connectivity index (χ1v) is 4.61. The van der Waals surface area contributed by atoms with Crippen LogP contribution in [-0.2, 0) is 4.79 Å². The number of amides is 1. The number of hydrogen-bond donors (Lipinski definition) is 0. The van der Waals surface area contributed by atoms with E-state index in [4.69, 9.17) is 0 Å². The van der Waals surface area contributed by atoms with Gasteiger partial charge in [-0.1, -0.05) is 6.92 Å². The first kappa shape index (κ1) is 9.82. The van der Waals surface area contributed by atoms with E-state index in [1.807, 2.05) is 0 Å². The van der Waals surface area contributed by atoms with Gasteiger partial charge in [0, 0.05) is 26.3 Å². The summed E-state index contributed by atoms with van der Waals surface area (Å²) in [6.07, 6.45) is 0.672. The molecule has 0 fully saturated rings. The minimum Gasteiger partial charge on any atom is -0.349 e. The Labute approximate surface area is 67.0 Å². The molecule has 0 spiro atoms. The number of rotatable bonds is 4. The van der Waals surface area contributed by atoms with Crippen molar-refractivity contribution in [3.8, 4) is 0 Å². The first-order chi connectivity index (χ1) is 4.68. The average molecular weight is 161 g/mol. The predicted octanol–water partition coefficient (Wildman–Crippen LogP) is 1.22. The Hall–Kier alpha value is -0.180. The molecule has 0 aromatic carbocycles. The molecule has 0 aromatic heterocycles. The molecule has 0 aliphatic rings. The van der Waals surface area contributed by atoms with E-state index in [0.29, 0.717) is 6.42 Å². The molecule has 0 N–H and O–H groups in total. The maximum absolute atomic E-state index is 10.9. The van der Waals surface area contributed by atoms with Gasteiger partial charge in [-0.25, -0.2) is 0 Å². The maximum atomic E-state index is 10.9. The normalized spacial score (nSPS) is 9.50. The first-order valence-electron chi connectivity index (χ1n) is 3.46. The average Bonchev–Trinajstić information content (AvgIpc) is 1.88. The van der Waals surface area contributed by atoms with Crippen molar-refractivity contribution >= 4 is 17.7 Å². The zero-order valence-electron chi connectivity index (χ0n) is 6.89. The zero-order chi connectivity index (χ0) is 7.98. The molecule has 0 saturated carbocycles. The van der Waals surface area contributed by atoms with Gasteiger partial charge in [0.1, 0.15) is 0 Å². The Kier molecular flexibility index (Phi) is 5.49. The molecule has 0 atom stereocenters. The van der Waals surface area contributed by atoms with Gasteiger partial charge < -0.3 is 4.90 Å². The molecule has 0 aliphatic carbocycles. The lowest BCUT2D eigenvalue weighted by molar-refractivity contribution is -0.128. The SMILES string of the molecule is CCSCCC(=O)N(C)C. The largest absolute Gasteiger partial charge is 0.349 e. The molecule has 10 heavy (non-hydrogen) atoms. The Morgan fingerprint density at radius 1 is 1.50 bits per heavy atom. The smallest absolute Gasteiger partial charge is 0.222 e. The Morgan fingerprint density at radius 2 is 2.10 bits per heavy atom. The van der Waals surface area contributed by atoms with Crippen molar-refractivity contribution in [2.45, 2.75) is 13.3 Å². The van der Waals surface area contributed by atoms with Crippen LogP contribution in [0.4, 0.5) is 0 Å². The lowest BCUT2D eigenvalue weighted by atomic mass is 10.4. The van der Waals surface area contributed by atoms with Gasteiger partial charge in [-0.2, -0.15) is 11.8 Å². The molecule has 60 valence electrons. The molecular formula is C7H15NOS. The summed E-state index contributed by atoms with van der Waals surface area (Å²) in [6.45, 7) is 2.10. The highest BCUT2D eigenvalue weighted by molar-refractivity contribution is 7.99. The molecule has 0 aromatic rings. The van der Waals surface area contributed by atoms with Gasteiger partial charge in [0.15, 0.2) is 0 Å². The van der Waals surface area contributed by atoms with Gasteiger partial charge in [-0.3, -0.25) is 4.79 Å². The number of hydrogen-bond acceptors (Lipinski definition) is 2. The fraction of sp³-hybridized carbons (Fsp3) is 0.857. The third-order valence-electron chi connectivity index (χ3n) is 1.16. The second kappa shape index (κ2) is 5.59. The van der Waals surface area contributed by atoms with Crippen molar-refractivity contribution in [2.24, 2.45) is 0 Å². The highest BCUT2D eigenvalue weighted by atomic mass is 32.2. The Bertz CT molecular complexity index is 104. The van der Waals surface area contributed by atoms with Crippen LogP contribution in [0.3, 0.4) is 0 Å². The Balaban J connectivity index is 3.22. The molecule has 1 amide bonds. The van der Waals surface area contributed by atoms with Crippen molar-refractivity contribution < 1.29 is 4.79 Å². The maximum Gasteiger partial charge on any atom is 0.222 e. The van der Waals surface area contributed by atoms with Gasteiger partial charge in [-0.05, 0) is 5.75 Å². The van der Waals surface area contributed by atoms with Crippen molar-refractivity contribution in [3.05, 3.63) is 0 Å². The molecular weight excluding hydrogens is 146 g/mol. The molecule has 2 nitrogen and oxygen atoms in total. The Morgan fingerprint density at radius 3 is 2.50 bits per heavy atom. The monoisotopic (exact) mass is 161 g/mol. The van der Waals surface area contributed by atoms with E-state index in [1.54, 1.807) is 30.8 Å². The minimum absolute atomic E-state index is 0.223. The van der Waals surface area contributed by atoms with Crippen LogP contribution in [0.15, 0.2) is 0 Å². The van der Waals surface area contributed by atoms with E-state index < -0.39 is 0 Å². The van der Waals surface area contributed by atoms with Gasteiger partial charge in [-0.15, -0.1) is 0 Å². The molecule has 0 aliphatic heterocycles. The number of carbonyl (C=O) groups is 1. The van der Waals surface area contributed by atoms with Crippen LogP contribution in [0.1, 0.15) is 13.3 Å². The second-order valence-corrected chi connectivity index (χ2v) is 3.63. The lowest BCUT2D eigenvalue weighted by Crippen LogP contribution is -2.21. The van der Waals surface area contributed by atoms with Crippen LogP contribution in [0.25, 0.3) is 0 Å². The molecule has 0 saturated heterocycles. The standard InChI is InChI=1S/C7H15NOS/c1-4-10-6-5-7(9)8(2)3/h4-6H2,1-3H3. The van der Waals surface area contributed by atoms with Crippen LogP contribution in [0, 0.1) is 0 Å². The van der Waals surface area contributed by atoms with Crippen molar-refractivity contribution in [3.63, 3.8) is 0 Å². The summed E-state index contributed by atoms with van der Waals surface area (Å²) in [5.41, 5.74) is 0. The summed E-state index contributed by atoms with van der Waals surface area (Å²) in [7, 11) is 3.58. The van der Waals surface area contributed by atoms with E-state index in [0.717, 1.165) is 11.5 Å². The summed E-state index contributed by atoms with van der Waals surface area (Å²) < 4.78 is 0. The molecule has 0 bridgehead atoms. The van der Waals surface area contributed by atoms with Crippen molar-refractivity contribution in [1.82, 2.24) is 4.90 Å². The van der Waals surface area contributed by atoms with Crippen molar-refractivity contribution in [1.29, 1.82) is 0 Å². The summed E-state index contributed by atoms with van der Waals surface area (Å²) in [4.78, 5) is 12.6. The molecule has 0 unspecified atom stereocenters. The van der Waals surface area contributed by atoms with Crippen LogP contribution in [-0.4, -0.2) is 36.4 Å². The van der Waals surface area contributed by atoms with E-state index in [9.17, 15) is 4.79 Å². The third kappa shape index (κ3) is 4.68. The summed E-state index contributed by atoms with van der Waals surface area (Å²) in [6, 6.07) is 0. The predicted molar refractivity (Wildman–Crippen MR) is 46.3 cm³/mol. The van der Waals surface area contributed by atoms with Crippen LogP contribution in [0.2, 0.25) is 0 Å². The molecule has 0 radical (unpaired) electrons. The quantitative estimate of drug-likeness (QED) is 0.578. The van der Waals surface area contributed by atoms with Gasteiger partial charge in [0.25, 0.3) is 0 Å². The van der Waals surface area contributed by atoms with Crippen LogP contribution in [0.5, 0.6) is 0 Å². The highest BCUT2D eigenvalue weighted by Gasteiger charge is 2.01. The fourth-order valence-electron chi connectivity index (χ4n) is 0.527. The second-order valence-electron chi connectivity index (χ2n) is 2.24. The third-order valence-corrected chi connectivity index (χ3v) is 2.06. The minimum atomic E-state index is 0.223. The van der Waals surface area contributed by atoms with E-state index in [2.05, 4.69) is 6.92 Å². The fourth-order valence-corrected chi connectivity index (χ4v) is 1.14. The number of carbonyl (C=O) groups excluding carboxylic acids is 1. The van der Waals surface area contributed by atoms with Crippen molar-refractivity contribution in [2.75, 3.05) is 25.6 Å². The molecule has 0 heterocycles.